The zero-order valence-corrected chi connectivity index (χ0v) is 5.39. The second kappa shape index (κ2) is 5.09. The maximum absolute atomic E-state index is 12.3. The third-order valence-corrected chi connectivity index (χ3v) is 0.686. The van der Waals surface area contributed by atoms with Crippen LogP contribution >= 0.6 is 0 Å². The van der Waals surface area contributed by atoms with Crippen LogP contribution in [0.15, 0.2) is 36.8 Å². The molecule has 0 spiro atoms. The Kier molecular flexibility index (Phi) is 4.50. The van der Waals surface area contributed by atoms with Crippen molar-refractivity contribution in [3.63, 3.8) is 0 Å². The number of hydrogen-bond acceptors (Lipinski definition) is 1. The van der Waals surface area contributed by atoms with Crippen molar-refractivity contribution in [2.45, 2.75) is 0 Å². The summed E-state index contributed by atoms with van der Waals surface area (Å²) >= 11 is 0. The summed E-state index contributed by atoms with van der Waals surface area (Å²) in [6.07, 6.45) is 5.51. The van der Waals surface area contributed by atoms with Gasteiger partial charge < -0.3 is 5.32 Å². The van der Waals surface area contributed by atoms with Crippen molar-refractivity contribution < 1.29 is 4.39 Å². The third kappa shape index (κ3) is 4.81. The van der Waals surface area contributed by atoms with Crippen LogP contribution in [0, 0.1) is 0 Å². The molecule has 0 aliphatic carbocycles. The molecule has 0 bridgehead atoms. The van der Waals surface area contributed by atoms with Crippen molar-refractivity contribution in [3.05, 3.63) is 36.8 Å². The van der Waals surface area contributed by atoms with Crippen LogP contribution in [-0.4, -0.2) is 7.05 Å². The Morgan fingerprint density at radius 1 is 1.67 bits per heavy atom. The Morgan fingerprint density at radius 3 is 2.78 bits per heavy atom. The molecule has 9 heavy (non-hydrogen) atoms. The molecule has 1 nitrogen and oxygen atoms in total. The minimum atomic E-state index is -0.306. The largest absolute Gasteiger partial charge is 0.394 e. The molecule has 0 aliphatic heterocycles. The molecule has 1 N–H and O–H groups in total. The van der Waals surface area contributed by atoms with E-state index in [1.54, 1.807) is 7.05 Å². The Balaban J connectivity index is 3.74. The lowest BCUT2D eigenvalue weighted by molar-refractivity contribution is 0.666. The van der Waals surface area contributed by atoms with E-state index in [2.05, 4.69) is 11.9 Å². The maximum Gasteiger partial charge on any atom is 0.124 e. The van der Waals surface area contributed by atoms with E-state index in [-0.39, 0.29) is 5.83 Å². The predicted molar refractivity (Wildman–Crippen MR) is 37.6 cm³/mol. The molecule has 0 radical (unpaired) electrons. The summed E-state index contributed by atoms with van der Waals surface area (Å²) in [6, 6.07) is 0. The first kappa shape index (κ1) is 7.95. The molecule has 0 rings (SSSR count). The molecule has 0 aliphatic rings. The first-order valence-electron chi connectivity index (χ1n) is 2.63. The van der Waals surface area contributed by atoms with Crippen LogP contribution in [0.4, 0.5) is 4.39 Å². The molecule has 50 valence electrons. The Morgan fingerprint density at radius 2 is 2.33 bits per heavy atom. The average Bonchev–Trinajstić information content (AvgIpc) is 1.85. The minimum Gasteiger partial charge on any atom is -0.394 e. The van der Waals surface area contributed by atoms with Gasteiger partial charge in [-0.25, -0.2) is 4.39 Å². The van der Waals surface area contributed by atoms with E-state index in [1.807, 2.05) is 0 Å². The zero-order chi connectivity index (χ0) is 7.11. The molecule has 0 aromatic rings. The smallest absolute Gasteiger partial charge is 0.124 e. The normalized spacial score (nSPS) is 12.0. The lowest BCUT2D eigenvalue weighted by Gasteiger charge is -1.83. The fraction of sp³-hybridized carbons (Fsp3) is 0.143. The summed E-state index contributed by atoms with van der Waals surface area (Å²) in [5.74, 6) is -0.306. The summed E-state index contributed by atoms with van der Waals surface area (Å²) in [7, 11) is 1.71. The lowest BCUT2D eigenvalue weighted by atomic mass is 10.4. The standard InChI is InChI=1S/C7H10FN/c1-3-4-7(8)5-6-9-2/h3-6,9H,1H2,2H3/b6-5+,7-4+. The number of halogens is 1. The highest BCUT2D eigenvalue weighted by Gasteiger charge is 1.79. The SMILES string of the molecule is C=C/C=C(F)\C=C\NC. The summed E-state index contributed by atoms with van der Waals surface area (Å²) in [5, 5.41) is 2.66. The predicted octanol–water partition coefficient (Wildman–Crippen LogP) is 1.76. The van der Waals surface area contributed by atoms with Gasteiger partial charge in [-0.15, -0.1) is 0 Å². The Bertz CT molecular complexity index is 136. The zero-order valence-electron chi connectivity index (χ0n) is 5.39. The van der Waals surface area contributed by atoms with Crippen molar-refractivity contribution in [2.24, 2.45) is 0 Å². The van der Waals surface area contributed by atoms with Gasteiger partial charge in [0.25, 0.3) is 0 Å². The second-order valence-corrected chi connectivity index (χ2v) is 1.41. The molecule has 0 fully saturated rings. The van der Waals surface area contributed by atoms with Crippen molar-refractivity contribution in [1.29, 1.82) is 0 Å². The topological polar surface area (TPSA) is 12.0 Å². The highest BCUT2D eigenvalue weighted by atomic mass is 19.1. The van der Waals surface area contributed by atoms with E-state index >= 15 is 0 Å². The van der Waals surface area contributed by atoms with Gasteiger partial charge in [-0.2, -0.15) is 0 Å². The summed E-state index contributed by atoms with van der Waals surface area (Å²) < 4.78 is 12.3. The van der Waals surface area contributed by atoms with Crippen molar-refractivity contribution in [1.82, 2.24) is 5.32 Å². The molecule has 0 saturated carbocycles. The first-order valence-corrected chi connectivity index (χ1v) is 2.63. The molecular weight excluding hydrogens is 117 g/mol. The Labute approximate surface area is 54.6 Å². The van der Waals surface area contributed by atoms with Gasteiger partial charge in [0.05, 0.1) is 0 Å². The van der Waals surface area contributed by atoms with Crippen LogP contribution in [0.3, 0.4) is 0 Å². The van der Waals surface area contributed by atoms with Crippen LogP contribution in [-0.2, 0) is 0 Å². The molecule has 0 unspecified atom stereocenters. The van der Waals surface area contributed by atoms with Crippen molar-refractivity contribution in [3.8, 4) is 0 Å². The van der Waals surface area contributed by atoms with E-state index < -0.39 is 0 Å². The van der Waals surface area contributed by atoms with E-state index in [0.717, 1.165) is 0 Å². The summed E-state index contributed by atoms with van der Waals surface area (Å²) in [6.45, 7) is 3.34. The fourth-order valence-corrected chi connectivity index (χ4v) is 0.331. The van der Waals surface area contributed by atoms with Crippen LogP contribution < -0.4 is 5.32 Å². The van der Waals surface area contributed by atoms with Gasteiger partial charge in [0, 0.05) is 7.05 Å². The van der Waals surface area contributed by atoms with E-state index in [0.29, 0.717) is 0 Å². The van der Waals surface area contributed by atoms with Gasteiger partial charge in [0.1, 0.15) is 5.83 Å². The molecular formula is C7H10FN. The van der Waals surface area contributed by atoms with Gasteiger partial charge in [-0.1, -0.05) is 12.7 Å². The molecule has 0 aromatic carbocycles. The number of rotatable bonds is 3. The lowest BCUT2D eigenvalue weighted by Crippen LogP contribution is -1.90. The molecule has 0 saturated heterocycles. The van der Waals surface area contributed by atoms with Gasteiger partial charge in [0.15, 0.2) is 0 Å². The molecule has 0 heterocycles. The highest BCUT2D eigenvalue weighted by molar-refractivity contribution is 5.15. The van der Waals surface area contributed by atoms with Crippen LogP contribution in [0.5, 0.6) is 0 Å². The van der Waals surface area contributed by atoms with Crippen molar-refractivity contribution >= 4 is 0 Å². The number of nitrogens with one attached hydrogen (secondary N) is 1. The van der Waals surface area contributed by atoms with Gasteiger partial charge in [-0.3, -0.25) is 0 Å². The third-order valence-electron chi connectivity index (χ3n) is 0.686. The highest BCUT2D eigenvalue weighted by Crippen LogP contribution is 1.95. The summed E-state index contributed by atoms with van der Waals surface area (Å²) in [4.78, 5) is 0. The van der Waals surface area contributed by atoms with E-state index in [9.17, 15) is 4.39 Å². The van der Waals surface area contributed by atoms with E-state index in [4.69, 9.17) is 0 Å². The Hall–Kier alpha value is -1.05. The monoisotopic (exact) mass is 127 g/mol. The van der Waals surface area contributed by atoms with Crippen LogP contribution in [0.1, 0.15) is 0 Å². The maximum atomic E-state index is 12.3. The molecule has 0 amide bonds. The van der Waals surface area contributed by atoms with Gasteiger partial charge in [-0.05, 0) is 18.4 Å². The summed E-state index contributed by atoms with van der Waals surface area (Å²) in [5.41, 5.74) is 0. The quantitative estimate of drug-likeness (QED) is 0.569. The second-order valence-electron chi connectivity index (χ2n) is 1.41. The van der Waals surface area contributed by atoms with Crippen LogP contribution in [0.25, 0.3) is 0 Å². The first-order chi connectivity index (χ1) is 4.31. The molecule has 0 aromatic heterocycles. The van der Waals surface area contributed by atoms with Crippen LogP contribution in [0.2, 0.25) is 0 Å². The van der Waals surface area contributed by atoms with Gasteiger partial charge >= 0.3 is 0 Å². The minimum absolute atomic E-state index is 0.306. The van der Waals surface area contributed by atoms with Gasteiger partial charge in [0.2, 0.25) is 0 Å². The van der Waals surface area contributed by atoms with E-state index in [1.165, 1.54) is 24.4 Å². The molecule has 0 atom stereocenters. The number of hydrogen-bond donors (Lipinski definition) is 1. The number of allylic oxidation sites excluding steroid dienone is 4. The average molecular weight is 127 g/mol. The fourth-order valence-electron chi connectivity index (χ4n) is 0.331. The van der Waals surface area contributed by atoms with Crippen molar-refractivity contribution in [2.75, 3.05) is 7.05 Å². The molecule has 2 heteroatoms.